The molecule has 0 aromatic heterocycles. The summed E-state index contributed by atoms with van der Waals surface area (Å²) in [5.41, 5.74) is 4.11. The average Bonchev–Trinajstić information content (AvgIpc) is 2.49. The molecule has 0 amide bonds. The molecule has 0 saturated carbocycles. The van der Waals surface area contributed by atoms with Crippen molar-refractivity contribution in [2.24, 2.45) is 5.10 Å². The van der Waals surface area contributed by atoms with Gasteiger partial charge in [0, 0.05) is 11.6 Å². The van der Waals surface area contributed by atoms with E-state index in [1.807, 2.05) is 18.2 Å². The van der Waals surface area contributed by atoms with Crippen LogP contribution in [0, 0.1) is 0 Å². The topological polar surface area (TPSA) is 63.1 Å². The first-order chi connectivity index (χ1) is 9.74. The predicted octanol–water partition coefficient (Wildman–Crippen LogP) is 2.86. The molecule has 0 heterocycles. The van der Waals surface area contributed by atoms with Crippen LogP contribution in [0.3, 0.4) is 0 Å². The van der Waals surface area contributed by atoms with Crippen molar-refractivity contribution in [3.8, 4) is 17.2 Å². The van der Waals surface area contributed by atoms with E-state index in [1.54, 1.807) is 44.7 Å². The van der Waals surface area contributed by atoms with Gasteiger partial charge >= 0.3 is 0 Å². The molecule has 0 spiro atoms. The number of phenolic OH excluding ortho intramolecular Hbond substituents is 1. The Morgan fingerprint density at radius 1 is 1.10 bits per heavy atom. The summed E-state index contributed by atoms with van der Waals surface area (Å²) >= 11 is 0. The van der Waals surface area contributed by atoms with Crippen molar-refractivity contribution in [3.63, 3.8) is 0 Å². The van der Waals surface area contributed by atoms with Crippen molar-refractivity contribution < 1.29 is 14.6 Å². The molecule has 2 rings (SSSR count). The molecule has 2 aromatic carbocycles. The van der Waals surface area contributed by atoms with Crippen molar-refractivity contribution in [3.05, 3.63) is 48.0 Å². The van der Waals surface area contributed by atoms with Gasteiger partial charge in [-0.05, 0) is 24.3 Å². The average molecular weight is 272 g/mol. The highest BCUT2D eigenvalue weighted by molar-refractivity contribution is 5.84. The maximum Gasteiger partial charge on any atom is 0.140 e. The molecular formula is C15H16N2O3. The lowest BCUT2D eigenvalue weighted by Gasteiger charge is -2.07. The van der Waals surface area contributed by atoms with Crippen LogP contribution in [-0.4, -0.2) is 25.5 Å². The third-order valence-corrected chi connectivity index (χ3v) is 2.73. The molecule has 0 aliphatic heterocycles. The van der Waals surface area contributed by atoms with Gasteiger partial charge in [-0.1, -0.05) is 12.1 Å². The molecule has 0 saturated heterocycles. The van der Waals surface area contributed by atoms with E-state index in [2.05, 4.69) is 10.5 Å². The van der Waals surface area contributed by atoms with Crippen LogP contribution in [0.1, 0.15) is 5.56 Å². The van der Waals surface area contributed by atoms with Crippen LogP contribution in [0.15, 0.2) is 47.6 Å². The number of phenols is 1. The summed E-state index contributed by atoms with van der Waals surface area (Å²) in [6.45, 7) is 0. The Morgan fingerprint density at radius 2 is 1.90 bits per heavy atom. The smallest absolute Gasteiger partial charge is 0.140 e. The number of nitrogens with one attached hydrogen (secondary N) is 1. The van der Waals surface area contributed by atoms with Crippen LogP contribution in [0.2, 0.25) is 0 Å². The highest BCUT2D eigenvalue weighted by atomic mass is 16.5. The van der Waals surface area contributed by atoms with Crippen LogP contribution in [0.4, 0.5) is 5.69 Å². The van der Waals surface area contributed by atoms with E-state index in [0.29, 0.717) is 17.2 Å². The first-order valence-electron chi connectivity index (χ1n) is 6.03. The maximum atomic E-state index is 9.60. The Labute approximate surface area is 117 Å². The van der Waals surface area contributed by atoms with E-state index in [-0.39, 0.29) is 5.75 Å². The van der Waals surface area contributed by atoms with Crippen molar-refractivity contribution in [1.29, 1.82) is 0 Å². The molecular weight excluding hydrogens is 256 g/mol. The number of methoxy groups -OCH3 is 2. The van der Waals surface area contributed by atoms with Gasteiger partial charge in [0.2, 0.25) is 0 Å². The van der Waals surface area contributed by atoms with Crippen molar-refractivity contribution in [1.82, 2.24) is 0 Å². The third kappa shape index (κ3) is 3.20. The summed E-state index contributed by atoms with van der Waals surface area (Å²) in [7, 11) is 3.19. The van der Waals surface area contributed by atoms with Crippen LogP contribution in [0.5, 0.6) is 17.2 Å². The number of anilines is 1. The number of nitrogens with zero attached hydrogens (tertiary/aromatic N) is 1. The molecule has 0 unspecified atom stereocenters. The lowest BCUT2D eigenvalue weighted by Crippen LogP contribution is -1.95. The highest BCUT2D eigenvalue weighted by Gasteiger charge is 2.02. The van der Waals surface area contributed by atoms with Gasteiger partial charge < -0.3 is 14.6 Å². The summed E-state index contributed by atoms with van der Waals surface area (Å²) in [6.07, 6.45) is 1.62. The van der Waals surface area contributed by atoms with E-state index < -0.39 is 0 Å². The number of ether oxygens (including phenoxy) is 2. The molecule has 0 aliphatic rings. The molecule has 0 atom stereocenters. The van der Waals surface area contributed by atoms with Crippen molar-refractivity contribution in [2.75, 3.05) is 19.6 Å². The van der Waals surface area contributed by atoms with Crippen LogP contribution >= 0.6 is 0 Å². The van der Waals surface area contributed by atoms with Gasteiger partial charge in [-0.25, -0.2) is 0 Å². The Balaban J connectivity index is 2.13. The normalized spacial score (nSPS) is 10.5. The summed E-state index contributed by atoms with van der Waals surface area (Å²) < 4.78 is 10.4. The fourth-order valence-corrected chi connectivity index (χ4v) is 1.66. The molecule has 20 heavy (non-hydrogen) atoms. The van der Waals surface area contributed by atoms with E-state index in [0.717, 1.165) is 5.56 Å². The Morgan fingerprint density at radius 3 is 2.60 bits per heavy atom. The second-order valence-corrected chi connectivity index (χ2v) is 4.00. The largest absolute Gasteiger partial charge is 0.506 e. The number of hydrogen-bond acceptors (Lipinski definition) is 5. The second-order valence-electron chi connectivity index (χ2n) is 4.00. The standard InChI is InChI=1S/C15H16N2O3/c1-19-12-8-7-11(15(9-12)20-2)10-16-17-13-5-3-4-6-14(13)18/h3-10,17-18H,1-2H3/b16-10+. The quantitative estimate of drug-likeness (QED) is 0.499. The lowest BCUT2D eigenvalue weighted by molar-refractivity contribution is 0.394. The third-order valence-electron chi connectivity index (χ3n) is 2.73. The number of rotatable bonds is 5. The predicted molar refractivity (Wildman–Crippen MR) is 78.9 cm³/mol. The minimum Gasteiger partial charge on any atom is -0.506 e. The Bertz CT molecular complexity index is 612. The zero-order valence-electron chi connectivity index (χ0n) is 11.3. The molecule has 5 heteroatoms. The molecule has 2 N–H and O–H groups in total. The minimum atomic E-state index is 0.145. The van der Waals surface area contributed by atoms with Gasteiger partial charge in [0.1, 0.15) is 17.2 Å². The van der Waals surface area contributed by atoms with E-state index in [9.17, 15) is 5.11 Å². The zero-order valence-corrected chi connectivity index (χ0v) is 11.3. The highest BCUT2D eigenvalue weighted by Crippen LogP contribution is 2.24. The molecule has 5 nitrogen and oxygen atoms in total. The van der Waals surface area contributed by atoms with Gasteiger partial charge in [-0.15, -0.1) is 0 Å². The molecule has 0 fully saturated rings. The fourth-order valence-electron chi connectivity index (χ4n) is 1.66. The van der Waals surface area contributed by atoms with Gasteiger partial charge in [0.25, 0.3) is 0 Å². The molecule has 0 bridgehead atoms. The van der Waals surface area contributed by atoms with Gasteiger partial charge in [-0.3, -0.25) is 5.43 Å². The monoisotopic (exact) mass is 272 g/mol. The first-order valence-corrected chi connectivity index (χ1v) is 6.03. The lowest BCUT2D eigenvalue weighted by atomic mass is 10.2. The van der Waals surface area contributed by atoms with E-state index in [4.69, 9.17) is 9.47 Å². The maximum absolute atomic E-state index is 9.60. The first kappa shape index (κ1) is 13.7. The van der Waals surface area contributed by atoms with Crippen molar-refractivity contribution in [2.45, 2.75) is 0 Å². The summed E-state index contributed by atoms with van der Waals surface area (Å²) in [4.78, 5) is 0. The number of hydrogen-bond donors (Lipinski definition) is 2. The van der Waals surface area contributed by atoms with Gasteiger partial charge in [-0.2, -0.15) is 5.10 Å². The SMILES string of the molecule is COc1ccc(/C=N/Nc2ccccc2O)c(OC)c1. The fraction of sp³-hybridized carbons (Fsp3) is 0.133. The number of hydrazone groups is 1. The number of aromatic hydroxyl groups is 1. The van der Waals surface area contributed by atoms with Crippen LogP contribution in [-0.2, 0) is 0 Å². The molecule has 2 aromatic rings. The Hall–Kier alpha value is -2.69. The zero-order chi connectivity index (χ0) is 14.4. The summed E-state index contributed by atoms with van der Waals surface area (Å²) in [5.74, 6) is 1.52. The van der Waals surface area contributed by atoms with Gasteiger partial charge in [0.05, 0.1) is 26.1 Å². The van der Waals surface area contributed by atoms with E-state index >= 15 is 0 Å². The molecule has 0 aliphatic carbocycles. The summed E-state index contributed by atoms with van der Waals surface area (Å²) in [6, 6.07) is 12.3. The molecule has 0 radical (unpaired) electrons. The second kappa shape index (κ2) is 6.47. The minimum absolute atomic E-state index is 0.145. The summed E-state index contributed by atoms with van der Waals surface area (Å²) in [5, 5.41) is 13.7. The molecule has 104 valence electrons. The van der Waals surface area contributed by atoms with Gasteiger partial charge in [0.15, 0.2) is 0 Å². The van der Waals surface area contributed by atoms with Crippen LogP contribution < -0.4 is 14.9 Å². The number of para-hydroxylation sites is 2. The van der Waals surface area contributed by atoms with Crippen molar-refractivity contribution >= 4 is 11.9 Å². The Kier molecular flexibility index (Phi) is 4.44. The van der Waals surface area contributed by atoms with E-state index in [1.165, 1.54) is 0 Å². The van der Waals surface area contributed by atoms with Crippen LogP contribution in [0.25, 0.3) is 0 Å². The number of benzene rings is 2.